The second-order valence-electron chi connectivity index (χ2n) is 5.21. The topological polar surface area (TPSA) is 15.3 Å². The molecule has 0 aliphatic carbocycles. The maximum absolute atomic E-state index is 3.65. The first-order valence-corrected chi connectivity index (χ1v) is 7.70. The second-order valence-corrected chi connectivity index (χ2v) is 6.13. The molecule has 1 aliphatic heterocycles. The van der Waals surface area contributed by atoms with E-state index in [0.717, 1.165) is 13.1 Å². The van der Waals surface area contributed by atoms with Gasteiger partial charge in [-0.3, -0.25) is 0 Å². The molecule has 1 saturated heterocycles. The molecule has 0 aromatic heterocycles. The molecule has 2 unspecified atom stereocenters. The molecule has 0 amide bonds. The number of nitrogens with one attached hydrogen (secondary N) is 1. The van der Waals surface area contributed by atoms with E-state index in [1.54, 1.807) is 0 Å². The van der Waals surface area contributed by atoms with Gasteiger partial charge in [0.2, 0.25) is 0 Å². The summed E-state index contributed by atoms with van der Waals surface area (Å²) in [6.07, 6.45) is 2.38. The fourth-order valence-electron chi connectivity index (χ4n) is 2.70. The normalized spacial score (nSPS) is 24.3. The van der Waals surface area contributed by atoms with Crippen LogP contribution >= 0.6 is 15.9 Å². The highest BCUT2D eigenvalue weighted by atomic mass is 79.9. The lowest BCUT2D eigenvalue weighted by molar-refractivity contribution is 0.379. The minimum absolute atomic E-state index is 0.612. The maximum Gasteiger partial charge on any atom is 0.0412 e. The molecule has 3 heteroatoms. The van der Waals surface area contributed by atoms with Crippen LogP contribution in [0, 0.1) is 6.92 Å². The average Bonchev–Trinajstić information content (AvgIpc) is 2.36. The first kappa shape index (κ1) is 13.9. The number of hydrogen-bond acceptors (Lipinski definition) is 2. The summed E-state index contributed by atoms with van der Waals surface area (Å²) in [6, 6.07) is 7.94. The van der Waals surface area contributed by atoms with Gasteiger partial charge in [-0.15, -0.1) is 0 Å². The van der Waals surface area contributed by atoms with Crippen molar-refractivity contribution in [3.05, 3.63) is 28.2 Å². The zero-order valence-electron chi connectivity index (χ0n) is 11.5. The largest absolute Gasteiger partial charge is 0.366 e. The van der Waals surface area contributed by atoms with E-state index in [0.29, 0.717) is 12.1 Å². The third-order valence-corrected chi connectivity index (χ3v) is 4.28. The van der Waals surface area contributed by atoms with E-state index in [1.807, 2.05) is 0 Å². The van der Waals surface area contributed by atoms with Crippen LogP contribution in [0.5, 0.6) is 0 Å². The van der Waals surface area contributed by atoms with E-state index in [2.05, 4.69) is 65.1 Å². The zero-order valence-corrected chi connectivity index (χ0v) is 13.1. The van der Waals surface area contributed by atoms with Crippen LogP contribution in [0.15, 0.2) is 22.7 Å². The Hall–Kier alpha value is -0.540. The van der Waals surface area contributed by atoms with Crippen LogP contribution in [0.4, 0.5) is 5.69 Å². The number of halogens is 1. The molecule has 1 aromatic rings. The molecule has 1 fully saturated rings. The van der Waals surface area contributed by atoms with Gasteiger partial charge in [-0.05, 0) is 43.5 Å². The van der Waals surface area contributed by atoms with Crippen molar-refractivity contribution in [2.45, 2.75) is 45.7 Å². The third-order valence-electron chi connectivity index (χ3n) is 3.82. The van der Waals surface area contributed by atoms with Crippen LogP contribution in [-0.2, 0) is 0 Å². The number of anilines is 1. The first-order valence-electron chi connectivity index (χ1n) is 6.91. The summed E-state index contributed by atoms with van der Waals surface area (Å²) >= 11 is 3.61. The van der Waals surface area contributed by atoms with Crippen LogP contribution in [0.25, 0.3) is 0 Å². The van der Waals surface area contributed by atoms with E-state index >= 15 is 0 Å². The number of rotatable bonds is 3. The first-order chi connectivity index (χ1) is 8.63. The molecule has 1 heterocycles. The minimum Gasteiger partial charge on any atom is -0.366 e. The van der Waals surface area contributed by atoms with Crippen molar-refractivity contribution in [1.82, 2.24) is 5.32 Å². The van der Waals surface area contributed by atoms with Crippen molar-refractivity contribution in [1.29, 1.82) is 0 Å². The molecule has 0 bridgehead atoms. The van der Waals surface area contributed by atoms with E-state index in [-0.39, 0.29) is 0 Å². The molecule has 0 spiro atoms. The molecule has 2 rings (SSSR count). The predicted octanol–water partition coefficient (Wildman–Crippen LogP) is 3.72. The Morgan fingerprint density at radius 2 is 2.06 bits per heavy atom. The lowest BCUT2D eigenvalue weighted by atomic mass is 10.0. The second kappa shape index (κ2) is 6.07. The summed E-state index contributed by atoms with van der Waals surface area (Å²) in [4.78, 5) is 2.57. The minimum atomic E-state index is 0.612. The molecule has 100 valence electrons. The summed E-state index contributed by atoms with van der Waals surface area (Å²) in [5.41, 5.74) is 2.68. The van der Waals surface area contributed by atoms with Crippen LogP contribution in [0.2, 0.25) is 0 Å². The van der Waals surface area contributed by atoms with Crippen molar-refractivity contribution in [3.8, 4) is 0 Å². The Balaban J connectivity index is 2.26. The zero-order chi connectivity index (χ0) is 13.1. The summed E-state index contributed by atoms with van der Waals surface area (Å²) in [6.45, 7) is 8.91. The van der Waals surface area contributed by atoms with Crippen molar-refractivity contribution in [2.75, 3.05) is 18.0 Å². The molecule has 0 saturated carbocycles. The highest BCUT2D eigenvalue weighted by Crippen LogP contribution is 2.26. The number of nitrogens with zero attached hydrogens (tertiary/aromatic N) is 1. The molecule has 1 aromatic carbocycles. The van der Waals surface area contributed by atoms with Gasteiger partial charge in [-0.2, -0.15) is 0 Å². The quantitative estimate of drug-likeness (QED) is 0.915. The number of hydrogen-bond donors (Lipinski definition) is 1. The molecule has 2 atom stereocenters. The highest BCUT2D eigenvalue weighted by molar-refractivity contribution is 9.10. The van der Waals surface area contributed by atoms with Crippen molar-refractivity contribution in [3.63, 3.8) is 0 Å². The number of piperazine rings is 1. The van der Waals surface area contributed by atoms with Crippen LogP contribution in [-0.4, -0.2) is 25.2 Å². The van der Waals surface area contributed by atoms with Crippen molar-refractivity contribution >= 4 is 21.6 Å². The Bertz CT molecular complexity index is 385. The summed E-state index contributed by atoms with van der Waals surface area (Å²) in [5, 5.41) is 3.65. The van der Waals surface area contributed by atoms with E-state index in [9.17, 15) is 0 Å². The van der Waals surface area contributed by atoms with Crippen LogP contribution in [0.1, 0.15) is 32.3 Å². The van der Waals surface area contributed by atoms with Gasteiger partial charge in [0.1, 0.15) is 0 Å². The maximum atomic E-state index is 3.65. The van der Waals surface area contributed by atoms with E-state index in [1.165, 1.54) is 28.6 Å². The third kappa shape index (κ3) is 3.07. The van der Waals surface area contributed by atoms with Gasteiger partial charge in [-0.25, -0.2) is 0 Å². The number of benzene rings is 1. The van der Waals surface area contributed by atoms with Crippen LogP contribution in [0.3, 0.4) is 0 Å². The summed E-state index contributed by atoms with van der Waals surface area (Å²) in [5.74, 6) is 0. The molecule has 2 nitrogen and oxygen atoms in total. The summed E-state index contributed by atoms with van der Waals surface area (Å²) in [7, 11) is 0. The lowest BCUT2D eigenvalue weighted by Gasteiger charge is -2.41. The standard InChI is InChI=1S/C15H23BrN2/c1-4-13-10-18(14(5-2)9-17-13)15-7-11(3)6-12(16)8-15/h6-8,13-14,17H,4-5,9-10H2,1-3H3. The van der Waals surface area contributed by atoms with E-state index < -0.39 is 0 Å². The molecule has 1 N–H and O–H groups in total. The summed E-state index contributed by atoms with van der Waals surface area (Å²) < 4.78 is 1.18. The van der Waals surface area contributed by atoms with Gasteiger partial charge in [0.15, 0.2) is 0 Å². The van der Waals surface area contributed by atoms with Gasteiger partial charge in [-0.1, -0.05) is 29.8 Å². The molecule has 0 radical (unpaired) electrons. The number of aryl methyl sites for hydroxylation is 1. The van der Waals surface area contributed by atoms with Crippen molar-refractivity contribution in [2.24, 2.45) is 0 Å². The van der Waals surface area contributed by atoms with Gasteiger partial charge in [0.25, 0.3) is 0 Å². The molecule has 1 aliphatic rings. The van der Waals surface area contributed by atoms with Gasteiger partial charge in [0, 0.05) is 35.3 Å². The fraction of sp³-hybridized carbons (Fsp3) is 0.600. The fourth-order valence-corrected chi connectivity index (χ4v) is 3.30. The van der Waals surface area contributed by atoms with Crippen LogP contribution < -0.4 is 10.2 Å². The highest BCUT2D eigenvalue weighted by Gasteiger charge is 2.26. The van der Waals surface area contributed by atoms with Gasteiger partial charge in [0.05, 0.1) is 0 Å². The SMILES string of the molecule is CCC1CN(c2cc(C)cc(Br)c2)C(CC)CN1. The Morgan fingerprint density at radius 1 is 1.28 bits per heavy atom. The Kier molecular flexibility index (Phi) is 4.68. The Morgan fingerprint density at radius 3 is 2.67 bits per heavy atom. The van der Waals surface area contributed by atoms with Gasteiger partial charge >= 0.3 is 0 Å². The van der Waals surface area contributed by atoms with Crippen molar-refractivity contribution < 1.29 is 0 Å². The van der Waals surface area contributed by atoms with Gasteiger partial charge < -0.3 is 10.2 Å². The molecule has 18 heavy (non-hydrogen) atoms. The smallest absolute Gasteiger partial charge is 0.0412 e. The Labute approximate surface area is 119 Å². The average molecular weight is 311 g/mol. The lowest BCUT2D eigenvalue weighted by Crippen LogP contribution is -2.56. The monoisotopic (exact) mass is 310 g/mol. The molecular formula is C15H23BrN2. The van der Waals surface area contributed by atoms with E-state index in [4.69, 9.17) is 0 Å². The predicted molar refractivity (Wildman–Crippen MR) is 82.4 cm³/mol. The molecular weight excluding hydrogens is 288 g/mol.